The topological polar surface area (TPSA) is 40.5 Å². The number of aromatic hydroxyl groups is 2. The maximum atomic E-state index is 10.3. The molecule has 0 aliphatic carbocycles. The standard InChI is InChI=1S/C25H44O2/c1-24(2,3)18-12-8-7-11-15-21-20(16-17-22(26)23(21)27)14-10-9-13-19-25(4,5)6/h16-17,26-27H,7-15,18-19H2,1-6H3. The van der Waals surface area contributed by atoms with Gasteiger partial charge in [-0.1, -0.05) is 79.7 Å². The van der Waals surface area contributed by atoms with Crippen molar-refractivity contribution in [2.75, 3.05) is 0 Å². The Labute approximate surface area is 168 Å². The fourth-order valence-corrected chi connectivity index (χ4v) is 3.64. The van der Waals surface area contributed by atoms with Crippen molar-refractivity contribution in [2.24, 2.45) is 10.8 Å². The summed E-state index contributed by atoms with van der Waals surface area (Å²) in [6.45, 7) is 13.8. The molecule has 156 valence electrons. The van der Waals surface area contributed by atoms with Gasteiger partial charge in [-0.15, -0.1) is 0 Å². The zero-order valence-electron chi connectivity index (χ0n) is 18.8. The molecule has 1 aromatic rings. The van der Waals surface area contributed by atoms with Gasteiger partial charge in [-0.25, -0.2) is 0 Å². The molecule has 0 aliphatic rings. The van der Waals surface area contributed by atoms with Crippen LogP contribution in [0.25, 0.3) is 0 Å². The molecule has 1 aromatic carbocycles. The first kappa shape index (κ1) is 23.9. The lowest BCUT2D eigenvalue weighted by molar-refractivity contribution is 0.356. The van der Waals surface area contributed by atoms with Gasteiger partial charge in [0, 0.05) is 5.56 Å². The van der Waals surface area contributed by atoms with Crippen LogP contribution in [0, 0.1) is 10.8 Å². The Hall–Kier alpha value is -1.18. The van der Waals surface area contributed by atoms with E-state index in [1.54, 1.807) is 6.07 Å². The van der Waals surface area contributed by atoms with Crippen LogP contribution in [0.5, 0.6) is 11.5 Å². The second-order valence-electron chi connectivity index (χ2n) is 10.7. The van der Waals surface area contributed by atoms with Crippen LogP contribution >= 0.6 is 0 Å². The molecular weight excluding hydrogens is 332 g/mol. The summed E-state index contributed by atoms with van der Waals surface area (Å²) < 4.78 is 0. The van der Waals surface area contributed by atoms with Crippen molar-refractivity contribution in [2.45, 2.75) is 112 Å². The SMILES string of the molecule is CC(C)(C)CCCCCCc1c(CCCCCC(C)(C)C)ccc(O)c1O. The summed E-state index contributed by atoms with van der Waals surface area (Å²) in [5.41, 5.74) is 3.02. The molecule has 0 fully saturated rings. The molecule has 0 radical (unpaired) electrons. The predicted octanol–water partition coefficient (Wildman–Crippen LogP) is 7.79. The van der Waals surface area contributed by atoms with Crippen molar-refractivity contribution >= 4 is 0 Å². The lowest BCUT2D eigenvalue weighted by atomic mass is 9.88. The van der Waals surface area contributed by atoms with Gasteiger partial charge < -0.3 is 10.2 Å². The lowest BCUT2D eigenvalue weighted by Gasteiger charge is -2.18. The van der Waals surface area contributed by atoms with E-state index >= 15 is 0 Å². The molecule has 1 rings (SSSR count). The fourth-order valence-electron chi connectivity index (χ4n) is 3.64. The average Bonchev–Trinajstić information content (AvgIpc) is 2.53. The fraction of sp³-hybridized carbons (Fsp3) is 0.760. The van der Waals surface area contributed by atoms with E-state index in [4.69, 9.17) is 0 Å². The Balaban J connectivity index is 2.46. The third-order valence-electron chi connectivity index (χ3n) is 5.33. The van der Waals surface area contributed by atoms with Crippen LogP contribution in [-0.2, 0) is 12.8 Å². The predicted molar refractivity (Wildman–Crippen MR) is 118 cm³/mol. The molecule has 0 saturated heterocycles. The van der Waals surface area contributed by atoms with E-state index in [9.17, 15) is 10.2 Å². The first-order valence-corrected chi connectivity index (χ1v) is 11.0. The molecule has 0 atom stereocenters. The molecule has 2 heteroatoms. The third kappa shape index (κ3) is 10.7. The zero-order chi connectivity index (χ0) is 20.5. The van der Waals surface area contributed by atoms with Crippen LogP contribution in [-0.4, -0.2) is 10.2 Å². The van der Waals surface area contributed by atoms with Gasteiger partial charge in [-0.05, 0) is 61.0 Å². The van der Waals surface area contributed by atoms with Gasteiger partial charge in [-0.3, -0.25) is 0 Å². The minimum atomic E-state index is 0.0224. The number of phenolic OH excluding ortho intramolecular Hbond substituents is 2. The van der Waals surface area contributed by atoms with Crippen molar-refractivity contribution in [3.63, 3.8) is 0 Å². The molecule has 0 amide bonds. The maximum absolute atomic E-state index is 10.3. The van der Waals surface area contributed by atoms with Crippen molar-refractivity contribution < 1.29 is 10.2 Å². The van der Waals surface area contributed by atoms with Gasteiger partial charge in [0.15, 0.2) is 11.5 Å². The largest absolute Gasteiger partial charge is 0.504 e. The summed E-state index contributed by atoms with van der Waals surface area (Å²) in [4.78, 5) is 0. The van der Waals surface area contributed by atoms with Crippen molar-refractivity contribution in [1.29, 1.82) is 0 Å². The highest BCUT2D eigenvalue weighted by atomic mass is 16.3. The Morgan fingerprint density at radius 3 is 1.67 bits per heavy atom. The molecule has 27 heavy (non-hydrogen) atoms. The van der Waals surface area contributed by atoms with Crippen LogP contribution in [0.15, 0.2) is 12.1 Å². The second kappa shape index (κ2) is 11.0. The zero-order valence-corrected chi connectivity index (χ0v) is 18.8. The number of unbranched alkanes of at least 4 members (excludes halogenated alkanes) is 5. The number of rotatable bonds is 11. The van der Waals surface area contributed by atoms with Gasteiger partial charge in [0.1, 0.15) is 0 Å². The highest BCUT2D eigenvalue weighted by Crippen LogP contribution is 2.34. The number of phenols is 2. The normalized spacial score (nSPS) is 12.5. The van der Waals surface area contributed by atoms with Gasteiger partial charge >= 0.3 is 0 Å². The van der Waals surface area contributed by atoms with E-state index in [2.05, 4.69) is 41.5 Å². The van der Waals surface area contributed by atoms with Crippen molar-refractivity contribution in [1.82, 2.24) is 0 Å². The number of aryl methyl sites for hydroxylation is 1. The summed E-state index contributed by atoms with van der Waals surface area (Å²) in [5.74, 6) is 0.131. The van der Waals surface area contributed by atoms with Crippen molar-refractivity contribution in [3.05, 3.63) is 23.3 Å². The molecular formula is C25H44O2. The van der Waals surface area contributed by atoms with Gasteiger partial charge in [0.25, 0.3) is 0 Å². The van der Waals surface area contributed by atoms with E-state index in [1.807, 2.05) is 6.07 Å². The monoisotopic (exact) mass is 376 g/mol. The first-order chi connectivity index (χ1) is 12.5. The third-order valence-corrected chi connectivity index (χ3v) is 5.33. The van der Waals surface area contributed by atoms with Crippen LogP contribution in [0.1, 0.15) is 110 Å². The lowest BCUT2D eigenvalue weighted by Crippen LogP contribution is -2.04. The van der Waals surface area contributed by atoms with Gasteiger partial charge in [-0.2, -0.15) is 0 Å². The van der Waals surface area contributed by atoms with E-state index in [0.29, 0.717) is 10.8 Å². The number of hydrogen-bond acceptors (Lipinski definition) is 2. The average molecular weight is 377 g/mol. The van der Waals surface area contributed by atoms with E-state index in [1.165, 1.54) is 50.5 Å². The van der Waals surface area contributed by atoms with Crippen LogP contribution < -0.4 is 0 Å². The molecule has 0 aliphatic heterocycles. The molecule has 0 spiro atoms. The second-order valence-corrected chi connectivity index (χ2v) is 10.7. The van der Waals surface area contributed by atoms with Crippen molar-refractivity contribution in [3.8, 4) is 11.5 Å². The highest BCUT2D eigenvalue weighted by Gasteiger charge is 2.13. The van der Waals surface area contributed by atoms with Crippen LogP contribution in [0.3, 0.4) is 0 Å². The highest BCUT2D eigenvalue weighted by molar-refractivity contribution is 5.49. The van der Waals surface area contributed by atoms with E-state index in [-0.39, 0.29) is 11.5 Å². The molecule has 0 bridgehead atoms. The molecule has 0 saturated carbocycles. The summed E-state index contributed by atoms with van der Waals surface area (Å²) in [6, 6.07) is 3.65. The summed E-state index contributed by atoms with van der Waals surface area (Å²) in [5, 5.41) is 20.3. The van der Waals surface area contributed by atoms with E-state index < -0.39 is 0 Å². The Kier molecular flexibility index (Phi) is 9.70. The summed E-state index contributed by atoms with van der Waals surface area (Å²) >= 11 is 0. The van der Waals surface area contributed by atoms with Crippen LogP contribution in [0.4, 0.5) is 0 Å². The Morgan fingerprint density at radius 1 is 0.630 bits per heavy atom. The summed E-state index contributed by atoms with van der Waals surface area (Å²) in [6.07, 6.45) is 12.8. The Bertz CT molecular complexity index is 547. The molecule has 2 N–H and O–H groups in total. The molecule has 2 nitrogen and oxygen atoms in total. The maximum Gasteiger partial charge on any atom is 0.160 e. The molecule has 0 unspecified atom stereocenters. The minimum absolute atomic E-state index is 0.0224. The minimum Gasteiger partial charge on any atom is -0.504 e. The van der Waals surface area contributed by atoms with E-state index in [0.717, 1.165) is 31.2 Å². The van der Waals surface area contributed by atoms with Crippen LogP contribution in [0.2, 0.25) is 0 Å². The smallest absolute Gasteiger partial charge is 0.160 e. The van der Waals surface area contributed by atoms with Gasteiger partial charge in [0.2, 0.25) is 0 Å². The van der Waals surface area contributed by atoms with Gasteiger partial charge in [0.05, 0.1) is 0 Å². The Morgan fingerprint density at radius 2 is 1.11 bits per heavy atom. The molecule has 0 aromatic heterocycles. The number of benzene rings is 1. The first-order valence-electron chi connectivity index (χ1n) is 11.0. The molecule has 0 heterocycles. The quantitative estimate of drug-likeness (QED) is 0.306. The summed E-state index contributed by atoms with van der Waals surface area (Å²) in [7, 11) is 0. The number of hydrogen-bond donors (Lipinski definition) is 2.